The molecule has 0 saturated carbocycles. The van der Waals surface area contributed by atoms with Crippen molar-refractivity contribution in [3.63, 3.8) is 0 Å². The molecule has 2 aromatic rings. The Kier molecular flexibility index (Phi) is 7.11. The van der Waals surface area contributed by atoms with Gasteiger partial charge in [-0.3, -0.25) is 10.1 Å². The maximum absolute atomic E-state index is 11.8. The summed E-state index contributed by atoms with van der Waals surface area (Å²) in [5, 5.41) is 13.6. The molecule has 0 atom stereocenters. The van der Waals surface area contributed by atoms with E-state index in [0.29, 0.717) is 5.69 Å². The summed E-state index contributed by atoms with van der Waals surface area (Å²) in [5.41, 5.74) is 2.74. The minimum atomic E-state index is -0.808. The van der Waals surface area contributed by atoms with Gasteiger partial charge in [0, 0.05) is 5.69 Å². The van der Waals surface area contributed by atoms with Gasteiger partial charge in [0.2, 0.25) is 0 Å². The molecule has 8 nitrogen and oxygen atoms in total. The highest BCUT2D eigenvalue weighted by atomic mass is 16.6. The van der Waals surface area contributed by atoms with Crippen molar-refractivity contribution in [3.8, 4) is 11.8 Å². The Labute approximate surface area is 162 Å². The van der Waals surface area contributed by atoms with Crippen LogP contribution in [0.3, 0.4) is 0 Å². The third-order valence-corrected chi connectivity index (χ3v) is 3.60. The lowest BCUT2D eigenvalue weighted by atomic mass is 10.1. The van der Waals surface area contributed by atoms with Crippen LogP contribution in [0.25, 0.3) is 0 Å². The predicted molar refractivity (Wildman–Crippen MR) is 101 cm³/mol. The number of esters is 1. The third-order valence-electron chi connectivity index (χ3n) is 3.60. The molecule has 3 amide bonds. The Bertz CT molecular complexity index is 934. The molecule has 0 aliphatic rings. The number of urea groups is 1. The van der Waals surface area contributed by atoms with Gasteiger partial charge in [0.25, 0.3) is 5.91 Å². The molecule has 144 valence electrons. The van der Waals surface area contributed by atoms with Crippen molar-refractivity contribution < 1.29 is 23.9 Å². The Morgan fingerprint density at radius 2 is 1.82 bits per heavy atom. The predicted octanol–water partition coefficient (Wildman–Crippen LogP) is 2.45. The van der Waals surface area contributed by atoms with E-state index in [1.165, 1.54) is 6.07 Å². The second-order valence-corrected chi connectivity index (χ2v) is 5.88. The molecule has 0 aromatic heterocycles. The zero-order valence-electron chi connectivity index (χ0n) is 15.4. The summed E-state index contributed by atoms with van der Waals surface area (Å²) in [6.07, 6.45) is 0. The summed E-state index contributed by atoms with van der Waals surface area (Å²) in [5.74, 6) is -1.36. The summed E-state index contributed by atoms with van der Waals surface area (Å²) in [6, 6.07) is 13.1. The Morgan fingerprint density at radius 3 is 2.54 bits per heavy atom. The van der Waals surface area contributed by atoms with Crippen molar-refractivity contribution >= 4 is 23.6 Å². The van der Waals surface area contributed by atoms with Crippen LogP contribution in [0.4, 0.5) is 10.5 Å². The first kappa shape index (κ1) is 20.5. The zero-order valence-corrected chi connectivity index (χ0v) is 15.4. The van der Waals surface area contributed by atoms with Crippen LogP contribution in [0.5, 0.6) is 5.75 Å². The molecule has 0 unspecified atom stereocenters. The molecule has 0 radical (unpaired) electrons. The smallest absolute Gasteiger partial charge is 0.344 e. The van der Waals surface area contributed by atoms with E-state index < -0.39 is 31.1 Å². The van der Waals surface area contributed by atoms with Gasteiger partial charge in [-0.25, -0.2) is 9.59 Å². The number of para-hydroxylation sites is 1. The van der Waals surface area contributed by atoms with E-state index in [4.69, 9.17) is 14.7 Å². The van der Waals surface area contributed by atoms with Gasteiger partial charge in [-0.15, -0.1) is 0 Å². The van der Waals surface area contributed by atoms with E-state index in [2.05, 4.69) is 10.6 Å². The molecule has 0 aliphatic carbocycles. The molecule has 0 saturated heterocycles. The normalized spacial score (nSPS) is 9.75. The number of hydrogen-bond donors (Lipinski definition) is 2. The molecule has 2 aromatic carbocycles. The number of rotatable bonds is 6. The van der Waals surface area contributed by atoms with Crippen molar-refractivity contribution in [1.82, 2.24) is 5.32 Å². The first-order valence-corrected chi connectivity index (χ1v) is 8.34. The molecule has 0 heterocycles. The highest BCUT2D eigenvalue weighted by Crippen LogP contribution is 2.16. The van der Waals surface area contributed by atoms with E-state index in [1.807, 2.05) is 32.0 Å². The minimum Gasteiger partial charge on any atom is -0.481 e. The Balaban J connectivity index is 1.74. The monoisotopic (exact) mass is 381 g/mol. The number of carbonyl (C=O) groups excluding carboxylic acids is 3. The zero-order chi connectivity index (χ0) is 20.5. The van der Waals surface area contributed by atoms with Gasteiger partial charge in [-0.1, -0.05) is 29.8 Å². The lowest BCUT2D eigenvalue weighted by Gasteiger charge is -2.10. The van der Waals surface area contributed by atoms with E-state index in [9.17, 15) is 14.4 Å². The number of nitriles is 1. The number of hydrogen-bond acceptors (Lipinski definition) is 6. The average molecular weight is 381 g/mol. The van der Waals surface area contributed by atoms with Gasteiger partial charge >= 0.3 is 12.0 Å². The van der Waals surface area contributed by atoms with Crippen LogP contribution in [0, 0.1) is 25.2 Å². The van der Waals surface area contributed by atoms with Crippen LogP contribution in [-0.4, -0.2) is 31.1 Å². The number of carbonyl (C=O) groups is 3. The van der Waals surface area contributed by atoms with Crippen LogP contribution < -0.4 is 15.4 Å². The largest absolute Gasteiger partial charge is 0.481 e. The van der Waals surface area contributed by atoms with Gasteiger partial charge in [0.1, 0.15) is 11.8 Å². The summed E-state index contributed by atoms with van der Waals surface area (Å²) in [7, 11) is 0. The van der Waals surface area contributed by atoms with Crippen molar-refractivity contribution in [3.05, 3.63) is 59.2 Å². The highest BCUT2D eigenvalue weighted by Gasteiger charge is 2.13. The van der Waals surface area contributed by atoms with Crippen LogP contribution in [0.2, 0.25) is 0 Å². The third kappa shape index (κ3) is 6.14. The van der Waals surface area contributed by atoms with Crippen LogP contribution >= 0.6 is 0 Å². The quantitative estimate of drug-likeness (QED) is 0.742. The van der Waals surface area contributed by atoms with Crippen LogP contribution in [0.15, 0.2) is 42.5 Å². The average Bonchev–Trinajstić information content (AvgIpc) is 2.67. The fourth-order valence-electron chi connectivity index (χ4n) is 2.28. The molecule has 28 heavy (non-hydrogen) atoms. The standard InChI is InChI=1S/C20H19N3O5/c1-13-7-8-16(14(2)9-13)22-20(26)23-18(24)11-28-19(25)12-27-17-6-4-3-5-15(17)10-21/h3-9H,11-12H2,1-2H3,(H2,22,23,24,26). The second-order valence-electron chi connectivity index (χ2n) is 5.88. The molecule has 0 spiro atoms. The van der Waals surface area contributed by atoms with E-state index in [1.54, 1.807) is 24.3 Å². The number of ether oxygens (including phenoxy) is 2. The molecular formula is C20H19N3O5. The highest BCUT2D eigenvalue weighted by molar-refractivity contribution is 6.02. The van der Waals surface area contributed by atoms with Gasteiger partial charge in [0.05, 0.1) is 5.56 Å². The number of amides is 3. The first-order chi connectivity index (χ1) is 13.4. The summed E-state index contributed by atoms with van der Waals surface area (Å²) >= 11 is 0. The fraction of sp³-hybridized carbons (Fsp3) is 0.200. The molecule has 2 N–H and O–H groups in total. The maximum atomic E-state index is 11.8. The molecular weight excluding hydrogens is 362 g/mol. The van der Waals surface area contributed by atoms with Gasteiger partial charge in [-0.05, 0) is 37.6 Å². The molecule has 0 fully saturated rings. The number of nitrogens with zero attached hydrogens (tertiary/aromatic N) is 1. The molecule has 8 heteroatoms. The number of benzene rings is 2. The number of aryl methyl sites for hydroxylation is 2. The van der Waals surface area contributed by atoms with Crippen LogP contribution in [0.1, 0.15) is 16.7 Å². The van der Waals surface area contributed by atoms with Crippen molar-refractivity contribution in [2.45, 2.75) is 13.8 Å². The lowest BCUT2D eigenvalue weighted by molar-refractivity contribution is -0.150. The Hall–Kier alpha value is -3.86. The van der Waals surface area contributed by atoms with Gasteiger partial charge in [0.15, 0.2) is 13.2 Å². The number of nitrogens with one attached hydrogen (secondary N) is 2. The van der Waals surface area contributed by atoms with Crippen molar-refractivity contribution in [1.29, 1.82) is 5.26 Å². The molecule has 0 aliphatic heterocycles. The number of imide groups is 1. The lowest BCUT2D eigenvalue weighted by Crippen LogP contribution is -2.37. The topological polar surface area (TPSA) is 118 Å². The summed E-state index contributed by atoms with van der Waals surface area (Å²) < 4.78 is 9.95. The number of anilines is 1. The molecule has 2 rings (SSSR count). The van der Waals surface area contributed by atoms with E-state index >= 15 is 0 Å². The first-order valence-electron chi connectivity index (χ1n) is 8.34. The summed E-state index contributed by atoms with van der Waals surface area (Å²) in [6.45, 7) is 2.65. The summed E-state index contributed by atoms with van der Waals surface area (Å²) in [4.78, 5) is 35.2. The van der Waals surface area contributed by atoms with Gasteiger partial charge in [-0.2, -0.15) is 5.26 Å². The van der Waals surface area contributed by atoms with Crippen LogP contribution in [-0.2, 0) is 14.3 Å². The van der Waals surface area contributed by atoms with Gasteiger partial charge < -0.3 is 14.8 Å². The molecule has 0 bridgehead atoms. The van der Waals surface area contributed by atoms with E-state index in [0.717, 1.165) is 11.1 Å². The second kappa shape index (κ2) is 9.73. The minimum absolute atomic E-state index is 0.235. The van der Waals surface area contributed by atoms with E-state index in [-0.39, 0.29) is 11.3 Å². The Morgan fingerprint density at radius 1 is 1.07 bits per heavy atom. The SMILES string of the molecule is Cc1ccc(NC(=O)NC(=O)COC(=O)COc2ccccc2C#N)c(C)c1. The van der Waals surface area contributed by atoms with Crippen molar-refractivity contribution in [2.24, 2.45) is 0 Å². The van der Waals surface area contributed by atoms with Crippen molar-refractivity contribution in [2.75, 3.05) is 18.5 Å². The fourth-order valence-corrected chi connectivity index (χ4v) is 2.28. The maximum Gasteiger partial charge on any atom is 0.344 e.